The van der Waals surface area contributed by atoms with E-state index in [0.29, 0.717) is 6.04 Å². The molecule has 0 aliphatic carbocycles. The van der Waals surface area contributed by atoms with Crippen LogP contribution >= 0.6 is 0 Å². The van der Waals surface area contributed by atoms with Crippen LogP contribution < -0.4 is 5.32 Å². The molecule has 0 radical (unpaired) electrons. The predicted molar refractivity (Wildman–Crippen MR) is 76.5 cm³/mol. The first-order valence-corrected chi connectivity index (χ1v) is 7.06. The lowest BCUT2D eigenvalue weighted by Crippen LogP contribution is -2.39. The molecule has 1 aromatic carbocycles. The molecule has 2 rings (SSSR count). The van der Waals surface area contributed by atoms with Gasteiger partial charge in [0.2, 0.25) is 0 Å². The third kappa shape index (κ3) is 3.85. The Morgan fingerprint density at radius 3 is 2.26 bits per heavy atom. The summed E-state index contributed by atoms with van der Waals surface area (Å²) in [5, 5.41) is 22.5. The summed E-state index contributed by atoms with van der Waals surface area (Å²) in [7, 11) is 0. The molecule has 19 heavy (non-hydrogen) atoms. The predicted octanol–water partition coefficient (Wildman–Crippen LogP) is 2.23. The SMILES string of the molecule is CC(NCC(C)N1CCCC1)c1cc(O)cc(O)c1. The number of benzene rings is 1. The van der Waals surface area contributed by atoms with E-state index in [1.54, 1.807) is 12.1 Å². The molecular weight excluding hydrogens is 240 g/mol. The van der Waals surface area contributed by atoms with E-state index in [1.807, 2.05) is 6.92 Å². The fourth-order valence-corrected chi connectivity index (χ4v) is 2.64. The lowest BCUT2D eigenvalue weighted by molar-refractivity contribution is 0.247. The van der Waals surface area contributed by atoms with E-state index in [1.165, 1.54) is 32.0 Å². The lowest BCUT2D eigenvalue weighted by atomic mass is 10.1. The van der Waals surface area contributed by atoms with Gasteiger partial charge in [0.15, 0.2) is 0 Å². The Balaban J connectivity index is 1.87. The molecule has 1 aromatic rings. The zero-order valence-electron chi connectivity index (χ0n) is 11.8. The molecule has 106 valence electrons. The molecule has 1 aliphatic heterocycles. The molecule has 4 heteroatoms. The molecule has 0 aromatic heterocycles. The summed E-state index contributed by atoms with van der Waals surface area (Å²) in [6.45, 7) is 7.60. The van der Waals surface area contributed by atoms with Crippen LogP contribution in [-0.4, -0.2) is 40.8 Å². The number of phenolic OH excluding ortho intramolecular Hbond substituents is 2. The maximum atomic E-state index is 9.50. The molecule has 1 heterocycles. The molecule has 0 bridgehead atoms. The van der Waals surface area contributed by atoms with Gasteiger partial charge < -0.3 is 15.5 Å². The van der Waals surface area contributed by atoms with Crippen LogP contribution in [0.1, 0.15) is 38.3 Å². The van der Waals surface area contributed by atoms with Gasteiger partial charge in [0.1, 0.15) is 11.5 Å². The Bertz CT molecular complexity index is 396. The molecule has 0 amide bonds. The van der Waals surface area contributed by atoms with Crippen molar-refractivity contribution in [2.24, 2.45) is 0 Å². The van der Waals surface area contributed by atoms with E-state index in [-0.39, 0.29) is 17.5 Å². The van der Waals surface area contributed by atoms with Gasteiger partial charge in [-0.3, -0.25) is 4.90 Å². The highest BCUT2D eigenvalue weighted by Gasteiger charge is 2.18. The highest BCUT2D eigenvalue weighted by atomic mass is 16.3. The van der Waals surface area contributed by atoms with E-state index in [9.17, 15) is 10.2 Å². The topological polar surface area (TPSA) is 55.7 Å². The van der Waals surface area contributed by atoms with Crippen molar-refractivity contribution in [2.45, 2.75) is 38.8 Å². The quantitative estimate of drug-likeness (QED) is 0.763. The first kappa shape index (κ1) is 14.2. The van der Waals surface area contributed by atoms with E-state index >= 15 is 0 Å². The normalized spacial score (nSPS) is 19.5. The first-order valence-electron chi connectivity index (χ1n) is 7.06. The fraction of sp³-hybridized carbons (Fsp3) is 0.600. The summed E-state index contributed by atoms with van der Waals surface area (Å²) in [5.41, 5.74) is 0.908. The Labute approximate surface area is 115 Å². The number of nitrogens with one attached hydrogen (secondary N) is 1. The van der Waals surface area contributed by atoms with Crippen molar-refractivity contribution in [1.29, 1.82) is 0 Å². The van der Waals surface area contributed by atoms with Crippen molar-refractivity contribution < 1.29 is 10.2 Å². The van der Waals surface area contributed by atoms with Crippen LogP contribution in [-0.2, 0) is 0 Å². The van der Waals surface area contributed by atoms with Crippen molar-refractivity contribution >= 4 is 0 Å². The number of aromatic hydroxyl groups is 2. The minimum absolute atomic E-state index is 0.108. The van der Waals surface area contributed by atoms with Gasteiger partial charge >= 0.3 is 0 Å². The minimum atomic E-state index is 0.108. The van der Waals surface area contributed by atoms with Gasteiger partial charge in [0.05, 0.1) is 0 Å². The van der Waals surface area contributed by atoms with Crippen molar-refractivity contribution in [2.75, 3.05) is 19.6 Å². The van der Waals surface area contributed by atoms with E-state index in [4.69, 9.17) is 0 Å². The molecule has 2 atom stereocenters. The monoisotopic (exact) mass is 264 g/mol. The number of hydrogen-bond donors (Lipinski definition) is 3. The van der Waals surface area contributed by atoms with Crippen molar-refractivity contribution in [1.82, 2.24) is 10.2 Å². The van der Waals surface area contributed by atoms with Gasteiger partial charge in [-0.1, -0.05) is 0 Å². The highest BCUT2D eigenvalue weighted by Crippen LogP contribution is 2.24. The van der Waals surface area contributed by atoms with Gasteiger partial charge in [-0.05, 0) is 57.5 Å². The zero-order valence-corrected chi connectivity index (χ0v) is 11.8. The highest BCUT2D eigenvalue weighted by molar-refractivity contribution is 5.37. The maximum Gasteiger partial charge on any atom is 0.119 e. The summed E-state index contributed by atoms with van der Waals surface area (Å²) < 4.78 is 0. The molecule has 2 unspecified atom stereocenters. The number of likely N-dealkylation sites (tertiary alicyclic amines) is 1. The molecule has 0 spiro atoms. The molecule has 0 saturated carbocycles. The smallest absolute Gasteiger partial charge is 0.119 e. The summed E-state index contributed by atoms with van der Waals surface area (Å²) in [6.07, 6.45) is 2.61. The third-order valence-electron chi connectivity index (χ3n) is 3.91. The average Bonchev–Trinajstić information content (AvgIpc) is 2.88. The summed E-state index contributed by atoms with van der Waals surface area (Å²) in [6, 6.07) is 5.37. The van der Waals surface area contributed by atoms with Crippen molar-refractivity contribution in [3.05, 3.63) is 23.8 Å². The molecular formula is C15H24N2O2. The summed E-state index contributed by atoms with van der Waals surface area (Å²) >= 11 is 0. The maximum absolute atomic E-state index is 9.50. The second kappa shape index (κ2) is 6.26. The third-order valence-corrected chi connectivity index (χ3v) is 3.91. The largest absolute Gasteiger partial charge is 0.508 e. The zero-order chi connectivity index (χ0) is 13.8. The van der Waals surface area contributed by atoms with Crippen molar-refractivity contribution in [3.63, 3.8) is 0 Å². The molecule has 4 nitrogen and oxygen atoms in total. The second-order valence-corrected chi connectivity index (χ2v) is 5.50. The van der Waals surface area contributed by atoms with Crippen LogP contribution in [0, 0.1) is 0 Å². The van der Waals surface area contributed by atoms with Gasteiger partial charge in [-0.2, -0.15) is 0 Å². The molecule has 1 aliphatic rings. The van der Waals surface area contributed by atoms with Crippen molar-refractivity contribution in [3.8, 4) is 11.5 Å². The van der Waals surface area contributed by atoms with Crippen LogP contribution in [0.4, 0.5) is 0 Å². The van der Waals surface area contributed by atoms with Crippen LogP contribution in [0.15, 0.2) is 18.2 Å². The van der Waals surface area contributed by atoms with Gasteiger partial charge in [-0.15, -0.1) is 0 Å². The first-order chi connectivity index (χ1) is 9.06. The van der Waals surface area contributed by atoms with Crippen LogP contribution in [0.2, 0.25) is 0 Å². The fourth-order valence-electron chi connectivity index (χ4n) is 2.64. The second-order valence-electron chi connectivity index (χ2n) is 5.50. The Hall–Kier alpha value is -1.26. The van der Waals surface area contributed by atoms with Crippen LogP contribution in [0.5, 0.6) is 11.5 Å². The summed E-state index contributed by atoms with van der Waals surface area (Å²) in [4.78, 5) is 2.50. The number of nitrogens with zero attached hydrogens (tertiary/aromatic N) is 1. The summed E-state index contributed by atoms with van der Waals surface area (Å²) in [5.74, 6) is 0.215. The number of phenols is 2. The Morgan fingerprint density at radius 2 is 1.68 bits per heavy atom. The van der Waals surface area contributed by atoms with Gasteiger partial charge in [-0.25, -0.2) is 0 Å². The average molecular weight is 264 g/mol. The van der Waals surface area contributed by atoms with E-state index in [0.717, 1.165) is 12.1 Å². The Morgan fingerprint density at radius 1 is 1.11 bits per heavy atom. The van der Waals surface area contributed by atoms with E-state index in [2.05, 4.69) is 17.1 Å². The van der Waals surface area contributed by atoms with E-state index < -0.39 is 0 Å². The van der Waals surface area contributed by atoms with Crippen LogP contribution in [0.3, 0.4) is 0 Å². The number of rotatable bonds is 5. The molecule has 1 saturated heterocycles. The van der Waals surface area contributed by atoms with Crippen LogP contribution in [0.25, 0.3) is 0 Å². The number of hydrogen-bond acceptors (Lipinski definition) is 4. The molecule has 1 fully saturated rings. The lowest BCUT2D eigenvalue weighted by Gasteiger charge is -2.26. The molecule has 3 N–H and O–H groups in total. The minimum Gasteiger partial charge on any atom is -0.508 e. The standard InChI is InChI=1S/C15H24N2O2/c1-11(17-5-3-4-6-17)10-16-12(2)13-7-14(18)9-15(19)8-13/h7-9,11-12,16,18-19H,3-6,10H2,1-2H3. The van der Waals surface area contributed by atoms with Gasteiger partial charge in [0, 0.05) is 24.7 Å². The van der Waals surface area contributed by atoms with Gasteiger partial charge in [0.25, 0.3) is 0 Å². The Kier molecular flexibility index (Phi) is 4.66.